The number of rotatable bonds is 8. The van der Waals surface area contributed by atoms with Gasteiger partial charge < -0.3 is 10.4 Å². The highest BCUT2D eigenvalue weighted by atomic mass is 79.9. The fourth-order valence-electron chi connectivity index (χ4n) is 1.81. The number of aliphatic carboxylic acids is 1. The third-order valence-electron chi connectivity index (χ3n) is 2.92. The van der Waals surface area contributed by atoms with E-state index in [0.29, 0.717) is 18.9 Å². The van der Waals surface area contributed by atoms with Crippen molar-refractivity contribution in [2.45, 2.75) is 32.7 Å². The van der Waals surface area contributed by atoms with Crippen molar-refractivity contribution in [1.29, 1.82) is 0 Å². The Morgan fingerprint density at radius 3 is 2.79 bits per heavy atom. The highest BCUT2D eigenvalue weighted by Crippen LogP contribution is 2.15. The first-order valence-corrected chi connectivity index (χ1v) is 7.14. The van der Waals surface area contributed by atoms with Crippen molar-refractivity contribution in [2.75, 3.05) is 6.54 Å². The van der Waals surface area contributed by atoms with Crippen molar-refractivity contribution in [1.82, 2.24) is 5.32 Å². The Hall–Kier alpha value is -0.940. The standard InChI is InChI=1S/C14H19BrFNO2/c1-10(2-3-14(18)19)4-5-17-9-11-6-12(15)8-13(16)7-11/h6-8,10,17H,2-5,9H2,1H3,(H,18,19). The Balaban J connectivity index is 2.21. The van der Waals surface area contributed by atoms with Crippen LogP contribution < -0.4 is 5.32 Å². The smallest absolute Gasteiger partial charge is 0.303 e. The van der Waals surface area contributed by atoms with E-state index in [2.05, 4.69) is 21.2 Å². The van der Waals surface area contributed by atoms with E-state index in [1.807, 2.05) is 13.0 Å². The molecule has 3 nitrogen and oxygen atoms in total. The second kappa shape index (κ2) is 8.27. The predicted octanol–water partition coefficient (Wildman–Crippen LogP) is 3.57. The summed E-state index contributed by atoms with van der Waals surface area (Å²) < 4.78 is 13.9. The minimum absolute atomic E-state index is 0.220. The quantitative estimate of drug-likeness (QED) is 0.716. The van der Waals surface area contributed by atoms with Crippen LogP contribution in [-0.4, -0.2) is 17.6 Å². The molecule has 1 aromatic carbocycles. The molecule has 0 spiro atoms. The third-order valence-corrected chi connectivity index (χ3v) is 3.37. The summed E-state index contributed by atoms with van der Waals surface area (Å²) >= 11 is 3.26. The summed E-state index contributed by atoms with van der Waals surface area (Å²) in [6.07, 6.45) is 1.84. The Bertz CT molecular complexity index is 406. The molecule has 1 unspecified atom stereocenters. The van der Waals surface area contributed by atoms with Gasteiger partial charge in [-0.3, -0.25) is 4.79 Å². The van der Waals surface area contributed by atoms with E-state index in [1.54, 1.807) is 0 Å². The number of carbonyl (C=O) groups is 1. The molecular weight excluding hydrogens is 313 g/mol. The van der Waals surface area contributed by atoms with Crippen molar-refractivity contribution in [2.24, 2.45) is 5.92 Å². The molecule has 0 saturated carbocycles. The minimum Gasteiger partial charge on any atom is -0.481 e. The van der Waals surface area contributed by atoms with E-state index in [9.17, 15) is 9.18 Å². The van der Waals surface area contributed by atoms with Gasteiger partial charge in [0.15, 0.2) is 0 Å². The zero-order chi connectivity index (χ0) is 14.3. The number of carboxylic acid groups (broad SMARTS) is 1. The fourth-order valence-corrected chi connectivity index (χ4v) is 2.32. The van der Waals surface area contributed by atoms with Crippen molar-refractivity contribution in [3.8, 4) is 0 Å². The van der Waals surface area contributed by atoms with Crippen LogP contribution in [0.5, 0.6) is 0 Å². The highest BCUT2D eigenvalue weighted by Gasteiger charge is 2.05. The van der Waals surface area contributed by atoms with E-state index in [4.69, 9.17) is 5.11 Å². The topological polar surface area (TPSA) is 49.3 Å². The second-order valence-corrected chi connectivity index (χ2v) is 5.70. The molecule has 0 aliphatic heterocycles. The Labute approximate surface area is 121 Å². The first-order chi connectivity index (χ1) is 8.97. The van der Waals surface area contributed by atoms with Gasteiger partial charge >= 0.3 is 5.97 Å². The molecule has 0 saturated heterocycles. The minimum atomic E-state index is -0.746. The van der Waals surface area contributed by atoms with Gasteiger partial charge in [-0.15, -0.1) is 0 Å². The number of halogens is 2. The monoisotopic (exact) mass is 331 g/mol. The number of carboxylic acids is 1. The number of hydrogen-bond donors (Lipinski definition) is 2. The molecule has 1 atom stereocenters. The summed E-state index contributed by atoms with van der Waals surface area (Å²) in [4.78, 5) is 10.4. The SMILES string of the molecule is CC(CCNCc1cc(F)cc(Br)c1)CCC(=O)O. The van der Waals surface area contributed by atoms with Gasteiger partial charge in [0.25, 0.3) is 0 Å². The van der Waals surface area contributed by atoms with Gasteiger partial charge in [0, 0.05) is 17.4 Å². The van der Waals surface area contributed by atoms with Gasteiger partial charge in [0.2, 0.25) is 0 Å². The van der Waals surface area contributed by atoms with Crippen LogP contribution in [0.25, 0.3) is 0 Å². The van der Waals surface area contributed by atoms with Gasteiger partial charge in [-0.05, 0) is 49.1 Å². The Kier molecular flexibility index (Phi) is 7.02. The zero-order valence-electron chi connectivity index (χ0n) is 11.0. The van der Waals surface area contributed by atoms with Crippen LogP contribution in [0.1, 0.15) is 31.7 Å². The van der Waals surface area contributed by atoms with Gasteiger partial charge in [-0.25, -0.2) is 4.39 Å². The van der Waals surface area contributed by atoms with Crippen molar-refractivity contribution in [3.05, 3.63) is 34.1 Å². The van der Waals surface area contributed by atoms with Gasteiger partial charge in [-0.2, -0.15) is 0 Å². The molecular formula is C14H19BrFNO2. The fraction of sp³-hybridized carbons (Fsp3) is 0.500. The maximum Gasteiger partial charge on any atom is 0.303 e. The lowest BCUT2D eigenvalue weighted by Gasteiger charge is -2.11. The predicted molar refractivity (Wildman–Crippen MR) is 76.5 cm³/mol. The van der Waals surface area contributed by atoms with Crippen LogP contribution >= 0.6 is 15.9 Å². The Morgan fingerprint density at radius 1 is 1.42 bits per heavy atom. The molecule has 0 aromatic heterocycles. The van der Waals surface area contributed by atoms with Crippen LogP contribution in [0.4, 0.5) is 4.39 Å². The normalized spacial score (nSPS) is 12.4. The number of nitrogens with one attached hydrogen (secondary N) is 1. The molecule has 0 amide bonds. The Morgan fingerprint density at radius 2 is 2.16 bits per heavy atom. The maximum absolute atomic E-state index is 13.1. The van der Waals surface area contributed by atoms with Crippen LogP contribution in [0, 0.1) is 11.7 Å². The number of hydrogen-bond acceptors (Lipinski definition) is 2. The van der Waals surface area contributed by atoms with Crippen molar-refractivity contribution in [3.63, 3.8) is 0 Å². The largest absolute Gasteiger partial charge is 0.481 e. The summed E-state index contributed by atoms with van der Waals surface area (Å²) in [6.45, 7) is 3.46. The van der Waals surface area contributed by atoms with E-state index in [0.717, 1.165) is 23.0 Å². The van der Waals surface area contributed by atoms with Crippen LogP contribution in [0.3, 0.4) is 0 Å². The summed E-state index contributed by atoms with van der Waals surface area (Å²) in [5, 5.41) is 11.8. The summed E-state index contributed by atoms with van der Waals surface area (Å²) in [5.74, 6) is -0.617. The first-order valence-electron chi connectivity index (χ1n) is 6.35. The lowest BCUT2D eigenvalue weighted by molar-refractivity contribution is -0.137. The summed E-state index contributed by atoms with van der Waals surface area (Å²) in [5.41, 5.74) is 0.894. The lowest BCUT2D eigenvalue weighted by atomic mass is 10.0. The molecule has 0 heterocycles. The van der Waals surface area contributed by atoms with E-state index >= 15 is 0 Å². The zero-order valence-corrected chi connectivity index (χ0v) is 12.5. The number of benzene rings is 1. The molecule has 0 bridgehead atoms. The van der Waals surface area contributed by atoms with Crippen molar-refractivity contribution >= 4 is 21.9 Å². The molecule has 0 radical (unpaired) electrons. The maximum atomic E-state index is 13.1. The molecule has 0 aliphatic rings. The van der Waals surface area contributed by atoms with Gasteiger partial charge in [0.1, 0.15) is 5.82 Å². The van der Waals surface area contributed by atoms with Crippen LogP contribution in [0.15, 0.2) is 22.7 Å². The first kappa shape index (κ1) is 16.1. The molecule has 0 fully saturated rings. The molecule has 2 N–H and O–H groups in total. The molecule has 0 aliphatic carbocycles. The van der Waals surface area contributed by atoms with E-state index < -0.39 is 5.97 Å². The summed E-state index contributed by atoms with van der Waals surface area (Å²) in [7, 11) is 0. The molecule has 5 heteroatoms. The highest BCUT2D eigenvalue weighted by molar-refractivity contribution is 9.10. The average Bonchev–Trinajstić information content (AvgIpc) is 2.31. The molecule has 1 rings (SSSR count). The van der Waals surface area contributed by atoms with Crippen molar-refractivity contribution < 1.29 is 14.3 Å². The van der Waals surface area contributed by atoms with Crippen LogP contribution in [-0.2, 0) is 11.3 Å². The average molecular weight is 332 g/mol. The lowest BCUT2D eigenvalue weighted by Crippen LogP contribution is -2.17. The van der Waals surface area contributed by atoms with E-state index in [-0.39, 0.29) is 12.2 Å². The molecule has 1 aromatic rings. The van der Waals surface area contributed by atoms with Gasteiger partial charge in [0.05, 0.1) is 0 Å². The van der Waals surface area contributed by atoms with Gasteiger partial charge in [-0.1, -0.05) is 22.9 Å². The molecule has 106 valence electrons. The van der Waals surface area contributed by atoms with E-state index in [1.165, 1.54) is 12.1 Å². The van der Waals surface area contributed by atoms with Crippen LogP contribution in [0.2, 0.25) is 0 Å². The third kappa shape index (κ3) is 7.28. The second-order valence-electron chi connectivity index (χ2n) is 4.78. The summed E-state index contributed by atoms with van der Waals surface area (Å²) in [6, 6.07) is 4.81. The molecule has 19 heavy (non-hydrogen) atoms.